The van der Waals surface area contributed by atoms with E-state index in [1.807, 2.05) is 0 Å². The molecule has 0 saturated carbocycles. The highest BCUT2D eigenvalue weighted by Gasteiger charge is 2.35. The van der Waals surface area contributed by atoms with Crippen molar-refractivity contribution in [2.24, 2.45) is 0 Å². The van der Waals surface area contributed by atoms with Gasteiger partial charge in [0.2, 0.25) is 0 Å². The van der Waals surface area contributed by atoms with E-state index in [-0.39, 0.29) is 5.69 Å². The third-order valence-electron chi connectivity index (χ3n) is 3.16. The molecule has 0 aliphatic carbocycles. The lowest BCUT2D eigenvalue weighted by atomic mass is 10.2. The fourth-order valence-corrected chi connectivity index (χ4v) is 2.17. The standard InChI is InChI=1S/C13H14F2N2O3/c1-20-12(18)11-3-2-6-17(11)13(19)16-10-5-4-8(14)7-9(10)15/h4-5,7,11H,2-3,6H2,1H3,(H,16,19). The van der Waals surface area contributed by atoms with Gasteiger partial charge in [-0.1, -0.05) is 0 Å². The van der Waals surface area contributed by atoms with Crippen LogP contribution in [0.3, 0.4) is 0 Å². The Hall–Kier alpha value is -2.18. The number of hydrogen-bond donors (Lipinski definition) is 1. The van der Waals surface area contributed by atoms with E-state index in [0.29, 0.717) is 25.5 Å². The molecule has 1 fully saturated rings. The zero-order chi connectivity index (χ0) is 14.7. The van der Waals surface area contributed by atoms with Crippen LogP contribution in [0.15, 0.2) is 18.2 Å². The summed E-state index contributed by atoms with van der Waals surface area (Å²) in [6, 6.07) is 1.58. The molecule has 0 aromatic heterocycles. The quantitative estimate of drug-likeness (QED) is 0.846. The Morgan fingerprint density at radius 3 is 2.80 bits per heavy atom. The summed E-state index contributed by atoms with van der Waals surface area (Å²) in [5, 5.41) is 2.33. The molecular weight excluding hydrogens is 270 g/mol. The van der Waals surface area contributed by atoms with E-state index in [4.69, 9.17) is 0 Å². The molecular formula is C13H14F2N2O3. The number of urea groups is 1. The van der Waals surface area contributed by atoms with Crippen molar-refractivity contribution in [3.05, 3.63) is 29.8 Å². The summed E-state index contributed by atoms with van der Waals surface area (Å²) in [6.45, 7) is 0.383. The van der Waals surface area contributed by atoms with Crippen molar-refractivity contribution in [1.29, 1.82) is 0 Å². The summed E-state index contributed by atoms with van der Waals surface area (Å²) >= 11 is 0. The molecule has 1 aromatic carbocycles. The number of carbonyl (C=O) groups is 2. The molecule has 1 aliphatic heterocycles. The zero-order valence-corrected chi connectivity index (χ0v) is 10.9. The van der Waals surface area contributed by atoms with Crippen molar-refractivity contribution >= 4 is 17.7 Å². The molecule has 7 heteroatoms. The molecule has 0 bridgehead atoms. The van der Waals surface area contributed by atoms with Gasteiger partial charge in [0, 0.05) is 12.6 Å². The van der Waals surface area contributed by atoms with Gasteiger partial charge in [0.25, 0.3) is 0 Å². The van der Waals surface area contributed by atoms with E-state index in [0.717, 1.165) is 12.1 Å². The van der Waals surface area contributed by atoms with Crippen molar-refractivity contribution in [2.45, 2.75) is 18.9 Å². The second-order valence-corrected chi connectivity index (χ2v) is 4.43. The van der Waals surface area contributed by atoms with Gasteiger partial charge in [-0.2, -0.15) is 0 Å². The predicted molar refractivity (Wildman–Crippen MR) is 67.1 cm³/mol. The molecule has 1 aliphatic rings. The third kappa shape index (κ3) is 2.87. The van der Waals surface area contributed by atoms with Gasteiger partial charge in [-0.3, -0.25) is 0 Å². The summed E-state index contributed by atoms with van der Waals surface area (Å²) in [6.07, 6.45) is 1.17. The van der Waals surface area contributed by atoms with E-state index in [2.05, 4.69) is 10.1 Å². The van der Waals surface area contributed by atoms with Gasteiger partial charge < -0.3 is 15.0 Å². The predicted octanol–water partition coefficient (Wildman–Crippen LogP) is 2.13. The number of anilines is 1. The molecule has 0 spiro atoms. The van der Waals surface area contributed by atoms with Gasteiger partial charge in [-0.05, 0) is 25.0 Å². The van der Waals surface area contributed by atoms with Crippen molar-refractivity contribution in [2.75, 3.05) is 19.0 Å². The Morgan fingerprint density at radius 2 is 2.15 bits per heavy atom. The van der Waals surface area contributed by atoms with Crippen LogP contribution in [0.4, 0.5) is 19.3 Å². The van der Waals surface area contributed by atoms with Crippen molar-refractivity contribution in [3.63, 3.8) is 0 Å². The minimum absolute atomic E-state index is 0.132. The number of halogens is 2. The minimum Gasteiger partial charge on any atom is -0.467 e. The molecule has 108 valence electrons. The second-order valence-electron chi connectivity index (χ2n) is 4.43. The number of esters is 1. The zero-order valence-electron chi connectivity index (χ0n) is 10.9. The molecule has 20 heavy (non-hydrogen) atoms. The van der Waals surface area contributed by atoms with Crippen LogP contribution in [0.5, 0.6) is 0 Å². The highest BCUT2D eigenvalue weighted by Crippen LogP contribution is 2.21. The summed E-state index contributed by atoms with van der Waals surface area (Å²) in [7, 11) is 1.25. The lowest BCUT2D eigenvalue weighted by molar-refractivity contribution is -0.144. The number of nitrogens with zero attached hydrogens (tertiary/aromatic N) is 1. The van der Waals surface area contributed by atoms with Crippen LogP contribution in [0, 0.1) is 11.6 Å². The molecule has 0 radical (unpaired) electrons. The first-order valence-corrected chi connectivity index (χ1v) is 6.13. The van der Waals surface area contributed by atoms with Gasteiger partial charge in [-0.15, -0.1) is 0 Å². The number of hydrogen-bond acceptors (Lipinski definition) is 3. The average Bonchev–Trinajstić information content (AvgIpc) is 2.90. The Balaban J connectivity index is 2.09. The van der Waals surface area contributed by atoms with Gasteiger partial charge in [0.15, 0.2) is 0 Å². The van der Waals surface area contributed by atoms with Gasteiger partial charge in [0.05, 0.1) is 12.8 Å². The molecule has 1 saturated heterocycles. The molecule has 2 rings (SSSR count). The number of ether oxygens (including phenoxy) is 1. The maximum Gasteiger partial charge on any atom is 0.328 e. The maximum atomic E-state index is 13.5. The SMILES string of the molecule is COC(=O)C1CCCN1C(=O)Nc1ccc(F)cc1F. The van der Waals surface area contributed by atoms with Crippen molar-refractivity contribution in [1.82, 2.24) is 4.90 Å². The molecule has 1 heterocycles. The van der Waals surface area contributed by atoms with Crippen molar-refractivity contribution in [3.8, 4) is 0 Å². The van der Waals surface area contributed by atoms with E-state index < -0.39 is 29.7 Å². The second kappa shape index (κ2) is 5.85. The molecule has 2 amide bonds. The fourth-order valence-electron chi connectivity index (χ4n) is 2.17. The van der Waals surface area contributed by atoms with Gasteiger partial charge in [-0.25, -0.2) is 18.4 Å². The van der Waals surface area contributed by atoms with Crippen LogP contribution in [-0.2, 0) is 9.53 Å². The highest BCUT2D eigenvalue weighted by molar-refractivity contribution is 5.93. The number of likely N-dealkylation sites (tertiary alicyclic amines) is 1. The number of carbonyl (C=O) groups excluding carboxylic acids is 2. The number of rotatable bonds is 2. The van der Waals surface area contributed by atoms with Crippen molar-refractivity contribution < 1.29 is 23.1 Å². The number of nitrogens with one attached hydrogen (secondary N) is 1. The van der Waals surface area contributed by atoms with Crippen LogP contribution < -0.4 is 5.32 Å². The first-order valence-electron chi connectivity index (χ1n) is 6.13. The lowest BCUT2D eigenvalue weighted by Gasteiger charge is -2.23. The molecule has 5 nitrogen and oxygen atoms in total. The minimum atomic E-state index is -0.868. The highest BCUT2D eigenvalue weighted by atomic mass is 19.1. The maximum absolute atomic E-state index is 13.5. The average molecular weight is 284 g/mol. The molecule has 1 aromatic rings. The largest absolute Gasteiger partial charge is 0.467 e. The number of benzene rings is 1. The van der Waals surface area contributed by atoms with E-state index >= 15 is 0 Å². The van der Waals surface area contributed by atoms with E-state index in [1.54, 1.807) is 0 Å². The van der Waals surface area contributed by atoms with Gasteiger partial charge >= 0.3 is 12.0 Å². The van der Waals surface area contributed by atoms with Crippen LogP contribution in [0.25, 0.3) is 0 Å². The van der Waals surface area contributed by atoms with Crippen LogP contribution in [0.2, 0.25) is 0 Å². The number of amides is 2. The Kier molecular flexibility index (Phi) is 4.16. The van der Waals surface area contributed by atoms with Gasteiger partial charge in [0.1, 0.15) is 17.7 Å². The number of methoxy groups -OCH3 is 1. The monoisotopic (exact) mass is 284 g/mol. The fraction of sp³-hybridized carbons (Fsp3) is 0.385. The molecule has 1 atom stereocenters. The Labute approximate surface area is 114 Å². The Bertz CT molecular complexity index is 536. The summed E-state index contributed by atoms with van der Waals surface area (Å²) < 4.78 is 30.8. The summed E-state index contributed by atoms with van der Waals surface area (Å²) in [4.78, 5) is 24.8. The normalized spacial score (nSPS) is 17.9. The first kappa shape index (κ1) is 14.2. The van der Waals surface area contributed by atoms with E-state index in [9.17, 15) is 18.4 Å². The summed E-state index contributed by atoms with van der Waals surface area (Å²) in [5.74, 6) is -2.10. The first-order chi connectivity index (χ1) is 9.52. The molecule has 1 N–H and O–H groups in total. The summed E-state index contributed by atoms with van der Waals surface area (Å²) in [5.41, 5.74) is -0.132. The van der Waals surface area contributed by atoms with E-state index in [1.165, 1.54) is 12.0 Å². The molecule has 1 unspecified atom stereocenters. The third-order valence-corrected chi connectivity index (χ3v) is 3.16. The van der Waals surface area contributed by atoms with Crippen LogP contribution in [-0.4, -0.2) is 36.6 Å². The lowest BCUT2D eigenvalue weighted by Crippen LogP contribution is -2.43. The van der Waals surface area contributed by atoms with Crippen LogP contribution in [0.1, 0.15) is 12.8 Å². The smallest absolute Gasteiger partial charge is 0.328 e. The Morgan fingerprint density at radius 1 is 1.40 bits per heavy atom. The van der Waals surface area contributed by atoms with Crippen LogP contribution >= 0.6 is 0 Å². The topological polar surface area (TPSA) is 58.6 Å².